The van der Waals surface area contributed by atoms with Gasteiger partial charge in [-0.2, -0.15) is 0 Å². The Kier molecular flexibility index (Phi) is 6.25. The maximum absolute atomic E-state index is 13.4. The second-order valence-corrected chi connectivity index (χ2v) is 6.05. The van der Waals surface area contributed by atoms with E-state index in [-0.39, 0.29) is 18.2 Å². The van der Waals surface area contributed by atoms with Crippen LogP contribution in [0.5, 0.6) is 0 Å². The minimum absolute atomic E-state index is 0.0754. The van der Waals surface area contributed by atoms with Crippen molar-refractivity contribution in [1.29, 1.82) is 0 Å². The molecule has 7 heteroatoms. The van der Waals surface area contributed by atoms with Crippen LogP contribution in [0.15, 0.2) is 18.2 Å². The smallest absolute Gasteiger partial charge is 0.237 e. The van der Waals surface area contributed by atoms with Gasteiger partial charge in [0.05, 0.1) is 12.5 Å². The van der Waals surface area contributed by atoms with E-state index >= 15 is 0 Å². The van der Waals surface area contributed by atoms with Crippen LogP contribution in [0.3, 0.4) is 0 Å². The lowest BCUT2D eigenvalue weighted by atomic mass is 10.1. The molecule has 1 aromatic carbocycles. The first-order valence-electron chi connectivity index (χ1n) is 8.12. The van der Waals surface area contributed by atoms with Gasteiger partial charge < -0.3 is 10.2 Å². The zero-order valence-corrected chi connectivity index (χ0v) is 14.0. The summed E-state index contributed by atoms with van der Waals surface area (Å²) in [5.41, 5.74) is 0.572. The number of carbonyl (C=O) groups excluding carboxylic acids is 2. The van der Waals surface area contributed by atoms with Crippen molar-refractivity contribution in [3.8, 4) is 0 Å². The number of halogens is 2. The van der Waals surface area contributed by atoms with Gasteiger partial charge in [0.25, 0.3) is 0 Å². The van der Waals surface area contributed by atoms with E-state index in [1.165, 1.54) is 6.07 Å². The van der Waals surface area contributed by atoms with Crippen LogP contribution in [-0.4, -0.2) is 54.3 Å². The molecular formula is C17H23F2N3O2. The van der Waals surface area contributed by atoms with Crippen LogP contribution < -0.4 is 5.32 Å². The summed E-state index contributed by atoms with van der Waals surface area (Å²) >= 11 is 0. The summed E-state index contributed by atoms with van der Waals surface area (Å²) in [6.07, 6.45) is 0.920. The first-order valence-corrected chi connectivity index (χ1v) is 8.12. The van der Waals surface area contributed by atoms with Gasteiger partial charge in [-0.3, -0.25) is 14.5 Å². The number of amides is 2. The molecule has 1 aromatic rings. The number of carbonyl (C=O) groups is 2. The van der Waals surface area contributed by atoms with Crippen molar-refractivity contribution in [2.24, 2.45) is 0 Å². The Labute approximate surface area is 140 Å². The maximum atomic E-state index is 13.4. The topological polar surface area (TPSA) is 52.7 Å². The predicted molar refractivity (Wildman–Crippen MR) is 86.1 cm³/mol. The van der Waals surface area contributed by atoms with Gasteiger partial charge in [0.15, 0.2) is 11.6 Å². The van der Waals surface area contributed by atoms with Gasteiger partial charge in [0.1, 0.15) is 0 Å². The molecule has 0 aromatic heterocycles. The average Bonchev–Trinajstić information content (AvgIpc) is 2.54. The van der Waals surface area contributed by atoms with Gasteiger partial charge in [0.2, 0.25) is 11.8 Å². The Balaban J connectivity index is 2.09. The van der Waals surface area contributed by atoms with E-state index < -0.39 is 17.7 Å². The number of nitrogens with zero attached hydrogens (tertiary/aromatic N) is 2. The van der Waals surface area contributed by atoms with Crippen LogP contribution in [0.1, 0.15) is 25.3 Å². The average molecular weight is 339 g/mol. The van der Waals surface area contributed by atoms with E-state index in [0.717, 1.165) is 18.6 Å². The van der Waals surface area contributed by atoms with Crippen LogP contribution in [0.2, 0.25) is 0 Å². The van der Waals surface area contributed by atoms with E-state index in [4.69, 9.17) is 0 Å². The molecule has 132 valence electrons. The first-order chi connectivity index (χ1) is 11.4. The molecular weight excluding hydrogens is 316 g/mol. The molecule has 0 radical (unpaired) electrons. The molecule has 1 atom stereocenters. The molecule has 0 saturated carbocycles. The standard InChI is InChI=1S/C17H23F2N3O2/c1-3-7-21(2)16(23)10-15-17(24)20-6-8-22(15)11-12-4-5-13(18)14(19)9-12/h4-5,9,15H,3,6-8,10-11H2,1-2H3,(H,20,24)/t15-/m1/s1. The highest BCUT2D eigenvalue weighted by Crippen LogP contribution is 2.16. The minimum atomic E-state index is -0.913. The quantitative estimate of drug-likeness (QED) is 0.855. The summed E-state index contributed by atoms with van der Waals surface area (Å²) in [5, 5.41) is 2.76. The summed E-state index contributed by atoms with van der Waals surface area (Å²) in [7, 11) is 1.71. The summed E-state index contributed by atoms with van der Waals surface area (Å²) in [6.45, 7) is 3.93. The van der Waals surface area contributed by atoms with Gasteiger partial charge in [-0.1, -0.05) is 13.0 Å². The molecule has 0 bridgehead atoms. The summed E-state index contributed by atoms with van der Waals surface area (Å²) in [6, 6.07) is 3.10. The first kappa shape index (κ1) is 18.3. The molecule has 1 saturated heterocycles. The molecule has 1 heterocycles. The van der Waals surface area contributed by atoms with Crippen molar-refractivity contribution in [3.63, 3.8) is 0 Å². The van der Waals surface area contributed by atoms with Crippen LogP contribution in [-0.2, 0) is 16.1 Å². The molecule has 0 spiro atoms. The fraction of sp³-hybridized carbons (Fsp3) is 0.529. The molecule has 0 aliphatic carbocycles. The number of hydrogen-bond acceptors (Lipinski definition) is 3. The van der Waals surface area contributed by atoms with Gasteiger partial charge in [-0.25, -0.2) is 8.78 Å². The zero-order chi connectivity index (χ0) is 17.7. The Morgan fingerprint density at radius 1 is 1.38 bits per heavy atom. The fourth-order valence-corrected chi connectivity index (χ4v) is 2.83. The van der Waals surface area contributed by atoms with E-state index in [9.17, 15) is 18.4 Å². The van der Waals surface area contributed by atoms with Crippen LogP contribution in [0, 0.1) is 11.6 Å². The molecule has 1 aliphatic rings. The normalized spacial score (nSPS) is 18.3. The van der Waals surface area contributed by atoms with Crippen molar-refractivity contribution in [1.82, 2.24) is 15.1 Å². The number of nitrogens with one attached hydrogen (secondary N) is 1. The summed E-state index contributed by atoms with van der Waals surface area (Å²) in [5.74, 6) is -2.12. The van der Waals surface area contributed by atoms with E-state index in [2.05, 4.69) is 5.32 Å². The van der Waals surface area contributed by atoms with Gasteiger partial charge in [-0.05, 0) is 24.1 Å². The molecule has 1 N–H and O–H groups in total. The highest BCUT2D eigenvalue weighted by Gasteiger charge is 2.32. The highest BCUT2D eigenvalue weighted by atomic mass is 19.2. The molecule has 2 rings (SSSR count). The SMILES string of the molecule is CCCN(C)C(=O)C[C@@H]1C(=O)NCCN1Cc1ccc(F)c(F)c1. The number of hydrogen-bond donors (Lipinski definition) is 1. The second kappa shape index (κ2) is 8.19. The Bertz CT molecular complexity index is 609. The third kappa shape index (κ3) is 4.50. The lowest BCUT2D eigenvalue weighted by molar-refractivity contribution is -0.138. The van der Waals surface area contributed by atoms with E-state index in [1.54, 1.807) is 11.9 Å². The zero-order valence-electron chi connectivity index (χ0n) is 14.0. The lowest BCUT2D eigenvalue weighted by Crippen LogP contribution is -2.56. The van der Waals surface area contributed by atoms with Crippen LogP contribution in [0.4, 0.5) is 8.78 Å². The maximum Gasteiger partial charge on any atom is 0.237 e. The molecule has 2 amide bonds. The predicted octanol–water partition coefficient (Wildman–Crippen LogP) is 1.52. The second-order valence-electron chi connectivity index (χ2n) is 6.05. The fourth-order valence-electron chi connectivity index (χ4n) is 2.83. The van der Waals surface area contributed by atoms with Crippen molar-refractivity contribution < 1.29 is 18.4 Å². The lowest BCUT2D eigenvalue weighted by Gasteiger charge is -2.35. The van der Waals surface area contributed by atoms with Crippen molar-refractivity contribution in [3.05, 3.63) is 35.4 Å². The minimum Gasteiger partial charge on any atom is -0.353 e. The van der Waals surface area contributed by atoms with Crippen molar-refractivity contribution >= 4 is 11.8 Å². The molecule has 24 heavy (non-hydrogen) atoms. The Morgan fingerprint density at radius 3 is 2.79 bits per heavy atom. The molecule has 5 nitrogen and oxygen atoms in total. The Morgan fingerprint density at radius 2 is 2.12 bits per heavy atom. The van der Waals surface area contributed by atoms with Crippen molar-refractivity contribution in [2.45, 2.75) is 32.4 Å². The third-order valence-corrected chi connectivity index (χ3v) is 4.16. The van der Waals surface area contributed by atoms with E-state index in [1.807, 2.05) is 11.8 Å². The molecule has 0 unspecified atom stereocenters. The molecule has 1 fully saturated rings. The summed E-state index contributed by atoms with van der Waals surface area (Å²) < 4.78 is 26.4. The highest BCUT2D eigenvalue weighted by molar-refractivity contribution is 5.88. The third-order valence-electron chi connectivity index (χ3n) is 4.16. The van der Waals surface area contributed by atoms with Crippen LogP contribution >= 0.6 is 0 Å². The van der Waals surface area contributed by atoms with Gasteiger partial charge in [-0.15, -0.1) is 0 Å². The number of benzene rings is 1. The number of piperazine rings is 1. The van der Waals surface area contributed by atoms with Gasteiger partial charge in [0, 0.05) is 33.2 Å². The Hall–Kier alpha value is -2.02. The largest absolute Gasteiger partial charge is 0.353 e. The van der Waals surface area contributed by atoms with Crippen molar-refractivity contribution in [2.75, 3.05) is 26.7 Å². The van der Waals surface area contributed by atoms with E-state index in [0.29, 0.717) is 31.7 Å². The molecule has 1 aliphatic heterocycles. The van der Waals surface area contributed by atoms with Gasteiger partial charge >= 0.3 is 0 Å². The summed E-state index contributed by atoms with van der Waals surface area (Å²) in [4.78, 5) is 27.9. The van der Waals surface area contributed by atoms with Crippen LogP contribution in [0.25, 0.3) is 0 Å². The number of rotatable bonds is 6. The monoisotopic (exact) mass is 339 g/mol.